The van der Waals surface area contributed by atoms with E-state index in [2.05, 4.69) is 11.9 Å². The third-order valence-corrected chi connectivity index (χ3v) is 4.33. The Labute approximate surface area is 86.5 Å². The lowest BCUT2D eigenvalue weighted by Crippen LogP contribution is -2.24. The summed E-state index contributed by atoms with van der Waals surface area (Å²) in [5, 5.41) is 3.27. The van der Waals surface area contributed by atoms with Gasteiger partial charge >= 0.3 is 0 Å². The molecule has 1 unspecified atom stereocenters. The number of hydrogen-bond acceptors (Lipinski definition) is 3. The Morgan fingerprint density at radius 1 is 1.57 bits per heavy atom. The second kappa shape index (κ2) is 4.94. The van der Waals surface area contributed by atoms with Crippen molar-refractivity contribution in [2.24, 2.45) is 5.92 Å². The van der Waals surface area contributed by atoms with Crippen LogP contribution in [0.25, 0.3) is 0 Å². The van der Waals surface area contributed by atoms with Gasteiger partial charge in [-0.3, -0.25) is 0 Å². The summed E-state index contributed by atoms with van der Waals surface area (Å²) >= 11 is 0. The first-order valence-electron chi connectivity index (χ1n) is 5.05. The van der Waals surface area contributed by atoms with Crippen LogP contribution in [0.5, 0.6) is 0 Å². The van der Waals surface area contributed by atoms with Gasteiger partial charge in [0.15, 0.2) is 9.84 Å². The standard InChI is InChI=1S/C10H19NO2S/c1-9(2)3-5-11-7-10-4-6-14(12,13)8-10/h10-11H,1,3-8H2,2H3. The lowest BCUT2D eigenvalue weighted by atomic mass is 10.1. The molecular formula is C10H19NO2S. The van der Waals surface area contributed by atoms with E-state index in [9.17, 15) is 8.42 Å². The van der Waals surface area contributed by atoms with Gasteiger partial charge in [-0.25, -0.2) is 8.42 Å². The molecule has 0 aromatic rings. The zero-order valence-corrected chi connectivity index (χ0v) is 9.57. The Hall–Kier alpha value is -0.350. The highest BCUT2D eigenvalue weighted by Gasteiger charge is 2.27. The molecular weight excluding hydrogens is 198 g/mol. The summed E-state index contributed by atoms with van der Waals surface area (Å²) < 4.78 is 22.3. The Morgan fingerprint density at radius 2 is 2.29 bits per heavy atom. The van der Waals surface area contributed by atoms with Crippen molar-refractivity contribution in [3.8, 4) is 0 Å². The minimum Gasteiger partial charge on any atom is -0.316 e. The second-order valence-corrected chi connectivity index (χ2v) is 6.41. The highest BCUT2D eigenvalue weighted by atomic mass is 32.2. The maximum absolute atomic E-state index is 11.1. The average molecular weight is 217 g/mol. The third-order valence-electron chi connectivity index (χ3n) is 2.49. The van der Waals surface area contributed by atoms with Gasteiger partial charge in [-0.05, 0) is 38.8 Å². The number of sulfone groups is 1. The molecule has 1 heterocycles. The van der Waals surface area contributed by atoms with Gasteiger partial charge in [0.05, 0.1) is 11.5 Å². The number of nitrogens with one attached hydrogen (secondary N) is 1. The van der Waals surface area contributed by atoms with E-state index in [1.807, 2.05) is 6.92 Å². The Morgan fingerprint density at radius 3 is 2.79 bits per heavy atom. The second-order valence-electron chi connectivity index (χ2n) is 4.18. The van der Waals surface area contributed by atoms with E-state index in [0.29, 0.717) is 17.4 Å². The molecule has 1 saturated heterocycles. The van der Waals surface area contributed by atoms with Crippen LogP contribution in [0.2, 0.25) is 0 Å². The van der Waals surface area contributed by atoms with Crippen LogP contribution in [-0.2, 0) is 9.84 Å². The molecule has 0 spiro atoms. The zero-order chi connectivity index (χ0) is 10.6. The van der Waals surface area contributed by atoms with Crippen molar-refractivity contribution in [3.05, 3.63) is 12.2 Å². The van der Waals surface area contributed by atoms with E-state index < -0.39 is 9.84 Å². The van der Waals surface area contributed by atoms with Crippen molar-refractivity contribution in [1.82, 2.24) is 5.32 Å². The van der Waals surface area contributed by atoms with Crippen molar-refractivity contribution in [2.75, 3.05) is 24.6 Å². The molecule has 4 heteroatoms. The molecule has 0 saturated carbocycles. The molecule has 1 aliphatic heterocycles. The number of hydrogen-bond donors (Lipinski definition) is 1. The van der Waals surface area contributed by atoms with Crippen LogP contribution in [0.3, 0.4) is 0 Å². The smallest absolute Gasteiger partial charge is 0.150 e. The summed E-state index contributed by atoms with van der Waals surface area (Å²) in [6.07, 6.45) is 1.79. The highest BCUT2D eigenvalue weighted by Crippen LogP contribution is 2.17. The van der Waals surface area contributed by atoms with Gasteiger partial charge in [-0.15, -0.1) is 6.58 Å². The van der Waals surface area contributed by atoms with E-state index in [0.717, 1.165) is 31.5 Å². The van der Waals surface area contributed by atoms with Crippen LogP contribution in [-0.4, -0.2) is 33.0 Å². The molecule has 1 N–H and O–H groups in total. The van der Waals surface area contributed by atoms with Crippen LogP contribution < -0.4 is 5.32 Å². The average Bonchev–Trinajstić information content (AvgIpc) is 2.39. The molecule has 0 aromatic carbocycles. The summed E-state index contributed by atoms with van der Waals surface area (Å²) in [4.78, 5) is 0. The van der Waals surface area contributed by atoms with Gasteiger partial charge in [0.2, 0.25) is 0 Å². The lowest BCUT2D eigenvalue weighted by molar-refractivity contribution is 0.522. The van der Waals surface area contributed by atoms with Crippen LogP contribution in [0.1, 0.15) is 19.8 Å². The van der Waals surface area contributed by atoms with Gasteiger partial charge in [0.25, 0.3) is 0 Å². The Bertz CT molecular complexity index is 295. The molecule has 82 valence electrons. The van der Waals surface area contributed by atoms with Crippen LogP contribution in [0, 0.1) is 5.92 Å². The maximum atomic E-state index is 11.1. The van der Waals surface area contributed by atoms with Gasteiger partial charge in [0.1, 0.15) is 0 Å². The Balaban J connectivity index is 2.12. The first-order chi connectivity index (χ1) is 6.49. The fourth-order valence-corrected chi connectivity index (χ4v) is 3.50. The molecule has 1 atom stereocenters. The highest BCUT2D eigenvalue weighted by molar-refractivity contribution is 7.91. The minimum atomic E-state index is -2.71. The maximum Gasteiger partial charge on any atom is 0.150 e. The summed E-state index contributed by atoms with van der Waals surface area (Å²) in [5.41, 5.74) is 1.16. The Kier molecular flexibility index (Phi) is 4.13. The first kappa shape index (κ1) is 11.7. The van der Waals surface area contributed by atoms with Crippen molar-refractivity contribution in [1.29, 1.82) is 0 Å². The van der Waals surface area contributed by atoms with Crippen molar-refractivity contribution < 1.29 is 8.42 Å². The summed E-state index contributed by atoms with van der Waals surface area (Å²) in [6, 6.07) is 0. The van der Waals surface area contributed by atoms with Gasteiger partial charge in [-0.1, -0.05) is 5.57 Å². The molecule has 0 radical (unpaired) electrons. The number of rotatable bonds is 5. The van der Waals surface area contributed by atoms with Crippen molar-refractivity contribution >= 4 is 9.84 Å². The van der Waals surface area contributed by atoms with Crippen molar-refractivity contribution in [3.63, 3.8) is 0 Å². The molecule has 1 rings (SSSR count). The molecule has 0 aliphatic carbocycles. The molecule has 3 nitrogen and oxygen atoms in total. The normalized spacial score (nSPS) is 25.1. The van der Waals surface area contributed by atoms with Crippen LogP contribution in [0.4, 0.5) is 0 Å². The molecule has 0 aromatic heterocycles. The van der Waals surface area contributed by atoms with E-state index in [1.54, 1.807) is 0 Å². The van der Waals surface area contributed by atoms with Gasteiger partial charge in [-0.2, -0.15) is 0 Å². The van der Waals surface area contributed by atoms with E-state index >= 15 is 0 Å². The first-order valence-corrected chi connectivity index (χ1v) is 6.87. The molecule has 1 fully saturated rings. The minimum absolute atomic E-state index is 0.324. The SMILES string of the molecule is C=C(C)CCNCC1CCS(=O)(=O)C1. The summed E-state index contributed by atoms with van der Waals surface area (Å²) in [5.74, 6) is 1.07. The lowest BCUT2D eigenvalue weighted by Gasteiger charge is -2.08. The van der Waals surface area contributed by atoms with Gasteiger partial charge < -0.3 is 5.32 Å². The molecule has 14 heavy (non-hydrogen) atoms. The fourth-order valence-electron chi connectivity index (χ4n) is 1.64. The monoisotopic (exact) mass is 217 g/mol. The van der Waals surface area contributed by atoms with Crippen LogP contribution in [0.15, 0.2) is 12.2 Å². The predicted octanol–water partition coefficient (Wildman–Crippen LogP) is 0.977. The van der Waals surface area contributed by atoms with Crippen molar-refractivity contribution in [2.45, 2.75) is 19.8 Å². The predicted molar refractivity (Wildman–Crippen MR) is 59.1 cm³/mol. The van der Waals surface area contributed by atoms with Gasteiger partial charge in [0, 0.05) is 0 Å². The zero-order valence-electron chi connectivity index (χ0n) is 8.75. The quantitative estimate of drug-likeness (QED) is 0.551. The van der Waals surface area contributed by atoms with E-state index in [4.69, 9.17) is 0 Å². The molecule has 0 amide bonds. The molecule has 0 bridgehead atoms. The summed E-state index contributed by atoms with van der Waals surface area (Å²) in [7, 11) is -2.71. The molecule has 1 aliphatic rings. The van der Waals surface area contributed by atoms with Crippen LogP contribution >= 0.6 is 0 Å². The van der Waals surface area contributed by atoms with E-state index in [1.165, 1.54) is 0 Å². The summed E-state index contributed by atoms with van der Waals surface area (Å²) in [6.45, 7) is 7.55. The topological polar surface area (TPSA) is 46.2 Å². The van der Waals surface area contributed by atoms with E-state index in [-0.39, 0.29) is 0 Å². The fraction of sp³-hybridized carbons (Fsp3) is 0.800. The largest absolute Gasteiger partial charge is 0.316 e. The third kappa shape index (κ3) is 4.24.